The number of rotatable bonds is 13. The lowest BCUT2D eigenvalue weighted by molar-refractivity contribution is -0.396. The molecule has 13 nitrogen and oxygen atoms in total. The zero-order valence-electron chi connectivity index (χ0n) is 22.5. The first-order valence-electron chi connectivity index (χ1n) is 13.1. The van der Waals surface area contributed by atoms with Crippen LogP contribution in [0.15, 0.2) is 49.1 Å². The summed E-state index contributed by atoms with van der Waals surface area (Å²) in [6.07, 6.45) is 5.26. The van der Waals surface area contributed by atoms with Crippen LogP contribution >= 0.6 is 11.6 Å². The molecule has 216 valence electrons. The Morgan fingerprint density at radius 2 is 1.88 bits per heavy atom. The summed E-state index contributed by atoms with van der Waals surface area (Å²) in [7, 11) is 1.60. The first-order valence-corrected chi connectivity index (χ1v) is 13.5. The van der Waals surface area contributed by atoms with Gasteiger partial charge < -0.3 is 34.4 Å². The number of nitro groups is 1. The van der Waals surface area contributed by atoms with Gasteiger partial charge in [-0.1, -0.05) is 16.6 Å². The van der Waals surface area contributed by atoms with Gasteiger partial charge in [-0.25, -0.2) is 14.5 Å². The predicted molar refractivity (Wildman–Crippen MR) is 153 cm³/mol. The highest BCUT2D eigenvalue weighted by Crippen LogP contribution is 2.36. The summed E-state index contributed by atoms with van der Waals surface area (Å²) in [6, 6.07) is 8.95. The van der Waals surface area contributed by atoms with Gasteiger partial charge in [-0.3, -0.25) is 4.90 Å². The topological polar surface area (TPSA) is 139 Å². The SMILES string of the molecule is COc1cc2ncnc(Nc3ccc(OCCn4ccnc4[N+](=O)[O-])c(Cl)c3)c2cc1OCCCN1CCOCC1. The van der Waals surface area contributed by atoms with E-state index in [2.05, 4.69) is 25.2 Å². The van der Waals surface area contributed by atoms with Crippen molar-refractivity contribution in [2.24, 2.45) is 0 Å². The average molecular weight is 584 g/mol. The number of nitrogens with zero attached hydrogens (tertiary/aromatic N) is 6. The van der Waals surface area contributed by atoms with Crippen molar-refractivity contribution in [3.63, 3.8) is 0 Å². The molecule has 0 unspecified atom stereocenters. The molecular formula is C27H30ClN7O6. The lowest BCUT2D eigenvalue weighted by atomic mass is 10.2. The molecule has 1 N–H and O–H groups in total. The van der Waals surface area contributed by atoms with Crippen molar-refractivity contribution in [3.05, 3.63) is 64.2 Å². The smallest absolute Gasteiger partial charge is 0.434 e. The minimum absolute atomic E-state index is 0.178. The third-order valence-corrected chi connectivity index (χ3v) is 6.84. The normalized spacial score (nSPS) is 13.7. The first kappa shape index (κ1) is 28.3. The number of methoxy groups -OCH3 is 1. The summed E-state index contributed by atoms with van der Waals surface area (Å²) in [5, 5.41) is 15.5. The number of aromatic nitrogens is 4. The van der Waals surface area contributed by atoms with Crippen molar-refractivity contribution in [2.45, 2.75) is 13.0 Å². The molecule has 1 aliphatic rings. The summed E-state index contributed by atoms with van der Waals surface area (Å²) in [6.45, 7) is 5.35. The summed E-state index contributed by atoms with van der Waals surface area (Å²) >= 11 is 6.48. The molecule has 4 aromatic rings. The number of morpholine rings is 1. The molecule has 2 aromatic heterocycles. The van der Waals surface area contributed by atoms with E-state index in [-0.39, 0.29) is 19.1 Å². The molecule has 0 saturated carbocycles. The van der Waals surface area contributed by atoms with Crippen LogP contribution in [-0.2, 0) is 11.3 Å². The number of fused-ring (bicyclic) bond motifs is 1. The lowest BCUT2D eigenvalue weighted by Crippen LogP contribution is -2.37. The van der Waals surface area contributed by atoms with Crippen LogP contribution in [0.1, 0.15) is 6.42 Å². The third-order valence-electron chi connectivity index (χ3n) is 6.54. The Labute approximate surface area is 241 Å². The highest BCUT2D eigenvalue weighted by Gasteiger charge is 2.16. The summed E-state index contributed by atoms with van der Waals surface area (Å²) < 4.78 is 24.2. The van der Waals surface area contributed by atoms with Crippen LogP contribution in [0.2, 0.25) is 5.02 Å². The van der Waals surface area contributed by atoms with Crippen LogP contribution < -0.4 is 19.5 Å². The maximum atomic E-state index is 11.0. The van der Waals surface area contributed by atoms with Crippen LogP contribution in [0, 0.1) is 10.1 Å². The third kappa shape index (κ3) is 7.12. The van der Waals surface area contributed by atoms with Gasteiger partial charge in [0, 0.05) is 36.8 Å². The van der Waals surface area contributed by atoms with Crippen molar-refractivity contribution in [2.75, 3.05) is 58.5 Å². The fraction of sp³-hybridized carbons (Fsp3) is 0.370. The fourth-order valence-corrected chi connectivity index (χ4v) is 4.70. The number of anilines is 2. The summed E-state index contributed by atoms with van der Waals surface area (Å²) in [5.74, 6) is 1.99. The Morgan fingerprint density at radius 1 is 1.05 bits per heavy atom. The highest BCUT2D eigenvalue weighted by atomic mass is 35.5. The van der Waals surface area contributed by atoms with E-state index in [4.69, 9.17) is 30.5 Å². The number of hydrogen-bond donors (Lipinski definition) is 1. The van der Waals surface area contributed by atoms with Crippen LogP contribution in [0.3, 0.4) is 0 Å². The monoisotopic (exact) mass is 583 g/mol. The van der Waals surface area contributed by atoms with Gasteiger partial charge in [0.25, 0.3) is 0 Å². The zero-order valence-corrected chi connectivity index (χ0v) is 23.2. The molecule has 14 heteroatoms. The van der Waals surface area contributed by atoms with E-state index in [0.29, 0.717) is 45.9 Å². The van der Waals surface area contributed by atoms with Crippen LogP contribution in [0.5, 0.6) is 17.2 Å². The molecular weight excluding hydrogens is 554 g/mol. The van der Waals surface area contributed by atoms with E-state index in [1.165, 1.54) is 23.3 Å². The molecule has 2 aromatic carbocycles. The van der Waals surface area contributed by atoms with Crippen molar-refractivity contribution in [1.82, 2.24) is 24.4 Å². The van der Waals surface area contributed by atoms with Crippen LogP contribution in [0.4, 0.5) is 17.5 Å². The molecule has 1 aliphatic heterocycles. The van der Waals surface area contributed by atoms with Gasteiger partial charge in [0.1, 0.15) is 43.4 Å². The van der Waals surface area contributed by atoms with E-state index in [9.17, 15) is 10.1 Å². The Kier molecular flexibility index (Phi) is 9.29. The maximum absolute atomic E-state index is 11.0. The summed E-state index contributed by atoms with van der Waals surface area (Å²) in [5.41, 5.74) is 1.39. The van der Waals surface area contributed by atoms with Gasteiger partial charge in [0.2, 0.25) is 0 Å². The Hall–Kier alpha value is -4.20. The standard InChI is InChI=1S/C27H30ClN7O6/c1-38-24-17-22-20(16-25(24)40-11-2-6-33-8-12-39-13-9-33)26(31-18-30-22)32-19-3-4-23(21(28)15-19)41-14-10-34-7-5-29-27(34)35(36)37/h3-5,7,15-18H,2,6,8-14H2,1H3,(H,30,31,32). The second kappa shape index (κ2) is 13.4. The predicted octanol–water partition coefficient (Wildman–Crippen LogP) is 4.32. The second-order valence-electron chi connectivity index (χ2n) is 9.19. The van der Waals surface area contributed by atoms with E-state index < -0.39 is 4.92 Å². The van der Waals surface area contributed by atoms with Crippen LogP contribution in [0.25, 0.3) is 10.9 Å². The Morgan fingerprint density at radius 3 is 2.66 bits per heavy atom. The average Bonchev–Trinajstić information content (AvgIpc) is 3.46. The minimum Gasteiger partial charge on any atom is -0.493 e. The maximum Gasteiger partial charge on any atom is 0.434 e. The minimum atomic E-state index is -0.540. The van der Waals surface area contributed by atoms with E-state index >= 15 is 0 Å². The molecule has 0 atom stereocenters. The fourth-order valence-electron chi connectivity index (χ4n) is 4.47. The molecule has 1 saturated heterocycles. The van der Waals surface area contributed by atoms with Gasteiger partial charge in [-0.2, -0.15) is 0 Å². The number of hydrogen-bond acceptors (Lipinski definition) is 11. The number of benzene rings is 2. The Balaban J connectivity index is 1.24. The largest absolute Gasteiger partial charge is 0.493 e. The van der Waals surface area contributed by atoms with E-state index in [1.54, 1.807) is 25.3 Å². The van der Waals surface area contributed by atoms with Crippen molar-refractivity contribution >= 4 is 40.0 Å². The highest BCUT2D eigenvalue weighted by molar-refractivity contribution is 6.32. The van der Waals surface area contributed by atoms with Gasteiger partial charge in [0.05, 0.1) is 37.5 Å². The number of imidazole rings is 1. The molecule has 3 heterocycles. The van der Waals surface area contributed by atoms with Crippen molar-refractivity contribution in [1.29, 1.82) is 0 Å². The van der Waals surface area contributed by atoms with Crippen molar-refractivity contribution in [3.8, 4) is 17.2 Å². The first-order chi connectivity index (χ1) is 20.0. The number of ether oxygens (including phenoxy) is 4. The quantitative estimate of drug-likeness (QED) is 0.137. The van der Waals surface area contributed by atoms with E-state index in [1.807, 2.05) is 12.1 Å². The van der Waals surface area contributed by atoms with Gasteiger partial charge >= 0.3 is 5.95 Å². The van der Waals surface area contributed by atoms with Crippen molar-refractivity contribution < 1.29 is 23.9 Å². The van der Waals surface area contributed by atoms with Gasteiger partial charge in [-0.05, 0) is 35.6 Å². The summed E-state index contributed by atoms with van der Waals surface area (Å²) in [4.78, 5) is 25.4. The van der Waals surface area contributed by atoms with Gasteiger partial charge in [-0.15, -0.1) is 0 Å². The molecule has 0 bridgehead atoms. The molecule has 5 rings (SSSR count). The molecule has 0 amide bonds. The molecule has 0 spiro atoms. The second-order valence-corrected chi connectivity index (χ2v) is 9.60. The lowest BCUT2D eigenvalue weighted by Gasteiger charge is -2.26. The molecule has 41 heavy (non-hydrogen) atoms. The Bertz CT molecular complexity index is 1490. The zero-order chi connectivity index (χ0) is 28.6. The van der Waals surface area contributed by atoms with Crippen LogP contribution in [-0.4, -0.2) is 82.5 Å². The van der Waals surface area contributed by atoms with E-state index in [0.717, 1.165) is 44.7 Å². The number of halogens is 1. The van der Waals surface area contributed by atoms with Gasteiger partial charge in [0.15, 0.2) is 11.5 Å². The number of nitrogens with one attached hydrogen (secondary N) is 1. The molecule has 0 radical (unpaired) electrons. The molecule has 0 aliphatic carbocycles. The molecule has 1 fully saturated rings.